The number of carbonyl (C=O) groups excluding carboxylic acids is 2. The lowest BCUT2D eigenvalue weighted by Gasteiger charge is -2.42. The third-order valence-electron chi connectivity index (χ3n) is 5.78. The molecule has 0 radical (unpaired) electrons. The fraction of sp³-hybridized carbons (Fsp3) is 0.400. The predicted octanol–water partition coefficient (Wildman–Crippen LogP) is 3.95. The molecule has 0 aromatic heterocycles. The number of fused-ring (bicyclic) bond motifs is 4. The van der Waals surface area contributed by atoms with Gasteiger partial charge in [0.25, 0.3) is 5.97 Å². The van der Waals surface area contributed by atoms with Gasteiger partial charge in [-0.25, -0.2) is 0 Å². The molecule has 0 fully saturated rings. The highest BCUT2D eigenvalue weighted by molar-refractivity contribution is 6.31. The van der Waals surface area contributed by atoms with Crippen LogP contribution in [-0.2, 0) is 33.8 Å². The fourth-order valence-electron chi connectivity index (χ4n) is 4.47. The third kappa shape index (κ3) is 5.86. The maximum Gasteiger partial charge on any atom is 0.308 e. The number of carboxylic acid groups (broad SMARTS) is 1. The van der Waals surface area contributed by atoms with Crippen molar-refractivity contribution in [2.24, 2.45) is 0 Å². The number of hydrogen-bond acceptors (Lipinski definition) is 8. The summed E-state index contributed by atoms with van der Waals surface area (Å²) >= 11 is 6.61. The van der Waals surface area contributed by atoms with Crippen molar-refractivity contribution in [1.29, 1.82) is 0 Å². The second kappa shape index (κ2) is 11.0. The van der Waals surface area contributed by atoms with Gasteiger partial charge in [-0.2, -0.15) is 0 Å². The van der Waals surface area contributed by atoms with Gasteiger partial charge in [0.2, 0.25) is 0 Å². The number of aliphatic carboxylic acids is 1. The summed E-state index contributed by atoms with van der Waals surface area (Å²) in [6.45, 7) is 5.20. The molecule has 0 spiro atoms. The van der Waals surface area contributed by atoms with Crippen LogP contribution in [0.2, 0.25) is 5.02 Å². The molecule has 2 aromatic carbocycles. The summed E-state index contributed by atoms with van der Waals surface area (Å²) in [5, 5.41) is 7.99. The minimum absolute atomic E-state index is 0.0486. The first-order valence-electron chi connectivity index (χ1n) is 10.9. The third-order valence-corrected chi connectivity index (χ3v) is 6.12. The van der Waals surface area contributed by atoms with Crippen molar-refractivity contribution in [2.45, 2.75) is 46.2 Å². The van der Waals surface area contributed by atoms with Crippen LogP contribution in [0.3, 0.4) is 0 Å². The molecule has 0 saturated carbocycles. The van der Waals surface area contributed by atoms with Crippen LogP contribution in [-0.4, -0.2) is 48.7 Å². The van der Waals surface area contributed by atoms with E-state index >= 15 is 0 Å². The molecular weight excluding hydrogens is 478 g/mol. The number of benzene rings is 2. The number of nitrogens with zero attached hydrogens (tertiary/aromatic N) is 1. The highest BCUT2D eigenvalue weighted by atomic mass is 35.5. The molecule has 0 bridgehead atoms. The van der Waals surface area contributed by atoms with Crippen LogP contribution in [0.4, 0.5) is 0 Å². The van der Waals surface area contributed by atoms with Gasteiger partial charge in [0.15, 0.2) is 23.0 Å². The number of halogens is 1. The molecule has 0 aliphatic carbocycles. The van der Waals surface area contributed by atoms with E-state index in [0.717, 1.165) is 42.1 Å². The summed E-state index contributed by atoms with van der Waals surface area (Å²) in [6.07, 6.45) is 1.45. The number of carboxylic acids is 1. The Labute approximate surface area is 208 Å². The highest BCUT2D eigenvalue weighted by Crippen LogP contribution is 2.48. The van der Waals surface area contributed by atoms with E-state index in [0.29, 0.717) is 41.0 Å². The number of hydrogen-bond donors (Lipinski definition) is 1. The normalized spacial score (nSPS) is 15.9. The van der Waals surface area contributed by atoms with Crippen molar-refractivity contribution in [1.82, 2.24) is 4.90 Å². The molecule has 1 N–H and O–H groups in total. The zero-order valence-electron chi connectivity index (χ0n) is 20.3. The summed E-state index contributed by atoms with van der Waals surface area (Å²) in [4.78, 5) is 34.6. The maximum absolute atomic E-state index is 11.7. The minimum Gasteiger partial charge on any atom is -0.493 e. The molecule has 2 heterocycles. The van der Waals surface area contributed by atoms with Crippen molar-refractivity contribution in [2.75, 3.05) is 20.8 Å². The Balaban J connectivity index is 0.000000795. The standard InChI is InChI=1S/C23H24ClNO6.C2H4O2/c1-12(26)30-21-9-15-14(7-20(21)28-3)5-6-25-11-17-16(8-19(15)25)18(24)10-22(29-4)23(17)31-13(2)27;1-2(3)4/h7,9-10,19H,5-6,8,11H2,1-4H3;1H3,(H,3,4). The Bertz CT molecular complexity index is 1160. The van der Waals surface area contributed by atoms with E-state index in [1.54, 1.807) is 13.2 Å². The Morgan fingerprint density at radius 2 is 1.57 bits per heavy atom. The molecule has 1 unspecified atom stereocenters. The van der Waals surface area contributed by atoms with Gasteiger partial charge in [0.05, 0.1) is 14.2 Å². The minimum atomic E-state index is -0.833. The second-order valence-electron chi connectivity index (χ2n) is 8.20. The van der Waals surface area contributed by atoms with E-state index in [9.17, 15) is 9.59 Å². The summed E-state index contributed by atoms with van der Waals surface area (Å²) in [7, 11) is 3.09. The quantitative estimate of drug-likeness (QED) is 0.487. The lowest BCUT2D eigenvalue weighted by Crippen LogP contribution is -2.39. The van der Waals surface area contributed by atoms with Crippen molar-refractivity contribution >= 4 is 29.5 Å². The van der Waals surface area contributed by atoms with Crippen LogP contribution in [0.15, 0.2) is 18.2 Å². The number of rotatable bonds is 4. The average Bonchev–Trinajstić information content (AvgIpc) is 2.78. The van der Waals surface area contributed by atoms with Crippen molar-refractivity contribution in [3.63, 3.8) is 0 Å². The fourth-order valence-corrected chi connectivity index (χ4v) is 4.76. The molecule has 4 rings (SSSR count). The van der Waals surface area contributed by atoms with Crippen molar-refractivity contribution in [3.05, 3.63) is 45.5 Å². The molecule has 0 saturated heterocycles. The summed E-state index contributed by atoms with van der Waals surface area (Å²) in [5.41, 5.74) is 4.03. The highest BCUT2D eigenvalue weighted by Gasteiger charge is 2.36. The first kappa shape index (κ1) is 26.3. The predicted molar refractivity (Wildman–Crippen MR) is 127 cm³/mol. The molecule has 0 amide bonds. The summed E-state index contributed by atoms with van der Waals surface area (Å²) in [5.74, 6) is 0.167. The van der Waals surface area contributed by atoms with Gasteiger partial charge in [-0.3, -0.25) is 19.3 Å². The Morgan fingerprint density at radius 3 is 2.14 bits per heavy atom. The van der Waals surface area contributed by atoms with E-state index in [1.165, 1.54) is 21.0 Å². The molecule has 1 atom stereocenters. The maximum atomic E-state index is 11.7. The van der Waals surface area contributed by atoms with Gasteiger partial charge in [0.1, 0.15) is 0 Å². The van der Waals surface area contributed by atoms with Gasteiger partial charge in [-0.1, -0.05) is 11.6 Å². The van der Waals surface area contributed by atoms with E-state index in [4.69, 9.17) is 40.4 Å². The molecule has 2 aromatic rings. The van der Waals surface area contributed by atoms with Gasteiger partial charge < -0.3 is 24.1 Å². The van der Waals surface area contributed by atoms with Gasteiger partial charge in [-0.05, 0) is 41.7 Å². The number of carbonyl (C=O) groups is 3. The lowest BCUT2D eigenvalue weighted by molar-refractivity contribution is -0.134. The lowest BCUT2D eigenvalue weighted by atomic mass is 9.83. The van der Waals surface area contributed by atoms with E-state index in [-0.39, 0.29) is 6.04 Å². The summed E-state index contributed by atoms with van der Waals surface area (Å²) in [6, 6.07) is 5.57. The van der Waals surface area contributed by atoms with Crippen LogP contribution in [0.25, 0.3) is 0 Å². The second-order valence-corrected chi connectivity index (χ2v) is 8.60. The van der Waals surface area contributed by atoms with Crippen molar-refractivity contribution < 1.29 is 38.4 Å². The Morgan fingerprint density at radius 1 is 0.943 bits per heavy atom. The van der Waals surface area contributed by atoms with E-state index in [2.05, 4.69) is 4.90 Å². The van der Waals surface area contributed by atoms with Crippen LogP contribution in [0.1, 0.15) is 49.1 Å². The topological polar surface area (TPSA) is 112 Å². The molecular formula is C25H28ClNO8. The number of esters is 2. The number of methoxy groups -OCH3 is 2. The molecule has 2 aliphatic rings. The van der Waals surface area contributed by atoms with Crippen LogP contribution >= 0.6 is 11.6 Å². The molecule has 35 heavy (non-hydrogen) atoms. The monoisotopic (exact) mass is 505 g/mol. The smallest absolute Gasteiger partial charge is 0.308 e. The molecule has 10 heteroatoms. The molecule has 9 nitrogen and oxygen atoms in total. The average molecular weight is 506 g/mol. The first-order chi connectivity index (χ1) is 16.5. The largest absolute Gasteiger partial charge is 0.493 e. The van der Waals surface area contributed by atoms with E-state index < -0.39 is 17.9 Å². The van der Waals surface area contributed by atoms with Crippen LogP contribution < -0.4 is 18.9 Å². The Kier molecular flexibility index (Phi) is 8.24. The molecule has 188 valence electrons. The number of ether oxygens (including phenoxy) is 4. The SMILES string of the molecule is CC(=O)O.COc1cc2c(cc1OC(C)=O)C1Cc3c(Cl)cc(OC)c(OC(C)=O)c3CN1CC2. The van der Waals surface area contributed by atoms with Gasteiger partial charge in [0, 0.05) is 56.6 Å². The summed E-state index contributed by atoms with van der Waals surface area (Å²) < 4.78 is 21.7. The molecule has 2 aliphatic heterocycles. The Hall–Kier alpha value is -3.30. The van der Waals surface area contributed by atoms with Crippen LogP contribution in [0, 0.1) is 0 Å². The zero-order valence-corrected chi connectivity index (χ0v) is 21.0. The zero-order chi connectivity index (χ0) is 25.9. The van der Waals surface area contributed by atoms with Crippen LogP contribution in [0.5, 0.6) is 23.0 Å². The first-order valence-corrected chi connectivity index (χ1v) is 11.3. The van der Waals surface area contributed by atoms with Crippen molar-refractivity contribution in [3.8, 4) is 23.0 Å². The van der Waals surface area contributed by atoms with Gasteiger partial charge >= 0.3 is 11.9 Å². The van der Waals surface area contributed by atoms with E-state index in [1.807, 2.05) is 12.1 Å². The van der Waals surface area contributed by atoms with Gasteiger partial charge in [-0.15, -0.1) is 0 Å².